The number of morpholine rings is 1. The van der Waals surface area contributed by atoms with E-state index in [9.17, 15) is 8.42 Å². The zero-order valence-electron chi connectivity index (χ0n) is 19.8. The minimum atomic E-state index is -3.44. The van der Waals surface area contributed by atoms with E-state index in [1.165, 1.54) is 39.0 Å². The van der Waals surface area contributed by atoms with Gasteiger partial charge in [-0.05, 0) is 66.1 Å². The molecule has 5 nitrogen and oxygen atoms in total. The third-order valence-electron chi connectivity index (χ3n) is 7.41. The van der Waals surface area contributed by atoms with Crippen LogP contribution in [-0.2, 0) is 14.8 Å². The maximum absolute atomic E-state index is 12.9. The van der Waals surface area contributed by atoms with Crippen molar-refractivity contribution in [2.24, 2.45) is 0 Å². The second-order valence-electron chi connectivity index (χ2n) is 9.60. The van der Waals surface area contributed by atoms with Crippen molar-refractivity contribution in [1.82, 2.24) is 9.62 Å². The molecule has 0 radical (unpaired) electrons. The number of benzene rings is 3. The SMILES string of the molecule is CC(NC1CCCC(c2ccc(S(=O)(=O)N3CCOCC3)cc2)C1)c1cccc2ccccc12. The smallest absolute Gasteiger partial charge is 0.243 e. The summed E-state index contributed by atoms with van der Waals surface area (Å²) in [6.07, 6.45) is 4.58. The number of fused-ring (bicyclic) bond motifs is 1. The molecule has 0 bridgehead atoms. The highest BCUT2D eigenvalue weighted by Crippen LogP contribution is 2.35. The summed E-state index contributed by atoms with van der Waals surface area (Å²) >= 11 is 0. The first-order valence-electron chi connectivity index (χ1n) is 12.4. The van der Waals surface area contributed by atoms with Crippen LogP contribution in [0, 0.1) is 0 Å². The molecule has 0 amide bonds. The molecule has 1 N–H and O–H groups in total. The van der Waals surface area contributed by atoms with Gasteiger partial charge in [0.15, 0.2) is 0 Å². The van der Waals surface area contributed by atoms with Crippen molar-refractivity contribution in [2.75, 3.05) is 26.3 Å². The molecule has 1 aliphatic carbocycles. The lowest BCUT2D eigenvalue weighted by Crippen LogP contribution is -2.40. The van der Waals surface area contributed by atoms with E-state index in [0.717, 1.165) is 12.8 Å². The highest BCUT2D eigenvalue weighted by molar-refractivity contribution is 7.89. The summed E-state index contributed by atoms with van der Waals surface area (Å²) in [5.41, 5.74) is 2.59. The summed E-state index contributed by atoms with van der Waals surface area (Å²) in [6.45, 7) is 4.04. The standard InChI is InChI=1S/C28H34N2O3S/c1-21(27-11-5-7-23-6-2-3-10-28(23)27)29-25-9-4-8-24(20-25)22-12-14-26(15-13-22)34(31,32)30-16-18-33-19-17-30/h2-3,5-7,10-15,21,24-25,29H,4,8-9,16-20H2,1H3. The van der Waals surface area contributed by atoms with Crippen LogP contribution in [0.4, 0.5) is 0 Å². The van der Waals surface area contributed by atoms with Crippen molar-refractivity contribution in [3.8, 4) is 0 Å². The van der Waals surface area contributed by atoms with Crippen LogP contribution in [0.25, 0.3) is 10.8 Å². The highest BCUT2D eigenvalue weighted by Gasteiger charge is 2.28. The molecule has 1 heterocycles. The molecule has 3 unspecified atom stereocenters. The first-order chi connectivity index (χ1) is 16.5. The van der Waals surface area contributed by atoms with Gasteiger partial charge in [-0.2, -0.15) is 4.31 Å². The Morgan fingerprint density at radius 3 is 2.47 bits per heavy atom. The Kier molecular flexibility index (Phi) is 7.02. The second-order valence-corrected chi connectivity index (χ2v) is 11.5. The molecule has 1 saturated carbocycles. The van der Waals surface area contributed by atoms with Gasteiger partial charge in [0.05, 0.1) is 18.1 Å². The van der Waals surface area contributed by atoms with Gasteiger partial charge >= 0.3 is 0 Å². The fraction of sp³-hybridized carbons (Fsp3) is 0.429. The normalized spacial score (nSPS) is 23.1. The minimum Gasteiger partial charge on any atom is -0.379 e. The number of hydrogen-bond donors (Lipinski definition) is 1. The van der Waals surface area contributed by atoms with Gasteiger partial charge in [-0.1, -0.05) is 61.0 Å². The Morgan fingerprint density at radius 2 is 1.68 bits per heavy atom. The van der Waals surface area contributed by atoms with Gasteiger partial charge in [-0.15, -0.1) is 0 Å². The number of nitrogens with zero attached hydrogens (tertiary/aromatic N) is 1. The van der Waals surface area contributed by atoms with E-state index in [1.54, 1.807) is 12.1 Å². The Labute approximate surface area is 203 Å². The van der Waals surface area contributed by atoms with E-state index in [4.69, 9.17) is 4.74 Å². The van der Waals surface area contributed by atoms with Gasteiger partial charge in [-0.25, -0.2) is 8.42 Å². The van der Waals surface area contributed by atoms with Crippen LogP contribution in [0.15, 0.2) is 71.6 Å². The maximum Gasteiger partial charge on any atom is 0.243 e. The first kappa shape index (κ1) is 23.5. The first-order valence-corrected chi connectivity index (χ1v) is 13.9. The summed E-state index contributed by atoms with van der Waals surface area (Å²) in [5, 5.41) is 6.49. The molecule has 5 rings (SSSR count). The summed E-state index contributed by atoms with van der Waals surface area (Å²) in [6, 6.07) is 23.5. The van der Waals surface area contributed by atoms with Crippen molar-refractivity contribution in [3.05, 3.63) is 77.9 Å². The number of sulfonamides is 1. The van der Waals surface area contributed by atoms with Crippen molar-refractivity contribution < 1.29 is 13.2 Å². The Bertz CT molecular complexity index is 1210. The van der Waals surface area contributed by atoms with Crippen LogP contribution in [-0.4, -0.2) is 45.1 Å². The average molecular weight is 479 g/mol. The average Bonchev–Trinajstić information content (AvgIpc) is 2.89. The fourth-order valence-corrected chi connectivity index (χ4v) is 6.97. The second kappa shape index (κ2) is 10.2. The lowest BCUT2D eigenvalue weighted by Gasteiger charge is -2.33. The number of nitrogens with one attached hydrogen (secondary N) is 1. The molecular formula is C28H34N2O3S. The third-order valence-corrected chi connectivity index (χ3v) is 9.32. The summed E-state index contributed by atoms with van der Waals surface area (Å²) in [7, 11) is -3.44. The van der Waals surface area contributed by atoms with Crippen LogP contribution in [0.2, 0.25) is 0 Å². The van der Waals surface area contributed by atoms with Gasteiger partial charge < -0.3 is 10.1 Å². The van der Waals surface area contributed by atoms with Gasteiger partial charge in [0.25, 0.3) is 0 Å². The molecule has 34 heavy (non-hydrogen) atoms. The Morgan fingerprint density at radius 1 is 0.941 bits per heavy atom. The van der Waals surface area contributed by atoms with E-state index < -0.39 is 10.0 Å². The Hall–Kier alpha value is -2.25. The molecule has 180 valence electrons. The van der Waals surface area contributed by atoms with Crippen LogP contribution in [0.5, 0.6) is 0 Å². The molecular weight excluding hydrogens is 444 g/mol. The molecule has 6 heteroatoms. The van der Waals surface area contributed by atoms with Gasteiger partial charge in [0.2, 0.25) is 10.0 Å². The van der Waals surface area contributed by atoms with Crippen molar-refractivity contribution in [1.29, 1.82) is 0 Å². The van der Waals surface area contributed by atoms with Crippen LogP contribution in [0.3, 0.4) is 0 Å². The van der Waals surface area contributed by atoms with Crippen molar-refractivity contribution in [3.63, 3.8) is 0 Å². The van der Waals surface area contributed by atoms with Gasteiger partial charge in [-0.3, -0.25) is 0 Å². The molecule has 0 aromatic heterocycles. The summed E-state index contributed by atoms with van der Waals surface area (Å²) < 4.78 is 32.7. The zero-order chi connectivity index (χ0) is 23.5. The minimum absolute atomic E-state index is 0.274. The molecule has 3 aromatic carbocycles. The molecule has 2 fully saturated rings. The summed E-state index contributed by atoms with van der Waals surface area (Å²) in [4.78, 5) is 0.383. The number of ether oxygens (including phenoxy) is 1. The Balaban J connectivity index is 1.26. The third kappa shape index (κ3) is 4.91. The van der Waals surface area contributed by atoms with Crippen LogP contribution >= 0.6 is 0 Å². The van der Waals surface area contributed by atoms with E-state index >= 15 is 0 Å². The van der Waals surface area contributed by atoms with E-state index in [1.807, 2.05) is 12.1 Å². The van der Waals surface area contributed by atoms with E-state index in [-0.39, 0.29) is 6.04 Å². The quantitative estimate of drug-likeness (QED) is 0.527. The summed E-state index contributed by atoms with van der Waals surface area (Å²) in [5.74, 6) is 0.450. The van der Waals surface area contributed by atoms with Crippen LogP contribution in [0.1, 0.15) is 55.7 Å². The highest BCUT2D eigenvalue weighted by atomic mass is 32.2. The number of rotatable bonds is 6. The largest absolute Gasteiger partial charge is 0.379 e. The van der Waals surface area contributed by atoms with Crippen LogP contribution < -0.4 is 5.32 Å². The van der Waals surface area contributed by atoms with Crippen molar-refractivity contribution >= 4 is 20.8 Å². The molecule has 2 aliphatic rings. The fourth-order valence-electron chi connectivity index (χ4n) is 5.56. The molecule has 1 saturated heterocycles. The molecule has 3 atom stereocenters. The van der Waals surface area contributed by atoms with E-state index in [0.29, 0.717) is 43.2 Å². The number of hydrogen-bond acceptors (Lipinski definition) is 4. The lowest BCUT2D eigenvalue weighted by atomic mass is 9.81. The maximum atomic E-state index is 12.9. The zero-order valence-corrected chi connectivity index (χ0v) is 20.6. The van der Waals surface area contributed by atoms with Crippen molar-refractivity contribution in [2.45, 2.75) is 55.5 Å². The molecule has 3 aromatic rings. The molecule has 0 spiro atoms. The predicted molar refractivity (Wildman–Crippen MR) is 137 cm³/mol. The van der Waals surface area contributed by atoms with E-state index in [2.05, 4.69) is 54.7 Å². The predicted octanol–water partition coefficient (Wildman–Crippen LogP) is 5.24. The lowest BCUT2D eigenvalue weighted by molar-refractivity contribution is 0.0730. The molecule has 1 aliphatic heterocycles. The van der Waals surface area contributed by atoms with Gasteiger partial charge in [0.1, 0.15) is 0 Å². The van der Waals surface area contributed by atoms with Gasteiger partial charge in [0, 0.05) is 25.2 Å². The monoisotopic (exact) mass is 478 g/mol. The topological polar surface area (TPSA) is 58.6 Å².